The molecule has 3 rings (SSSR count). The minimum absolute atomic E-state index is 0.107. The Morgan fingerprint density at radius 2 is 1.89 bits per heavy atom. The van der Waals surface area contributed by atoms with Crippen molar-refractivity contribution in [3.05, 3.63) is 64.5 Å². The minimum Gasteiger partial charge on any atom is -0.364 e. The van der Waals surface area contributed by atoms with E-state index in [1.807, 2.05) is 6.08 Å². The van der Waals surface area contributed by atoms with Crippen LogP contribution in [-0.4, -0.2) is 11.6 Å². The molecular weight excluding hydrogens is 347 g/mol. The quantitative estimate of drug-likeness (QED) is 0.440. The van der Waals surface area contributed by atoms with Crippen molar-refractivity contribution in [1.82, 2.24) is 0 Å². The maximum atomic E-state index is 13.2. The number of hydrogen-bond acceptors (Lipinski definition) is 2. The number of benzene rings is 2. The lowest BCUT2D eigenvalue weighted by Crippen LogP contribution is -2.51. The van der Waals surface area contributed by atoms with Gasteiger partial charge in [0.15, 0.2) is 0 Å². The Labute approximate surface area is 168 Å². The first-order valence-electron chi connectivity index (χ1n) is 9.95. The average Bonchev–Trinajstić information content (AvgIpc) is 2.60. The fourth-order valence-electron chi connectivity index (χ4n) is 4.71. The van der Waals surface area contributed by atoms with Crippen molar-refractivity contribution in [2.45, 2.75) is 65.5 Å². The smallest absolute Gasteiger partial charge is 0.123 e. The van der Waals surface area contributed by atoms with Crippen LogP contribution in [0.2, 0.25) is 0 Å². The maximum Gasteiger partial charge on any atom is 0.123 e. The monoisotopic (exact) mass is 376 g/mol. The van der Waals surface area contributed by atoms with Gasteiger partial charge in [-0.15, -0.1) is 0 Å². The zero-order valence-corrected chi connectivity index (χ0v) is 17.7. The van der Waals surface area contributed by atoms with Crippen LogP contribution in [0.5, 0.6) is 0 Å². The Hall–Kier alpha value is -2.60. The van der Waals surface area contributed by atoms with Crippen molar-refractivity contribution >= 4 is 17.3 Å². The van der Waals surface area contributed by atoms with Crippen LogP contribution >= 0.6 is 0 Å². The first-order valence-corrected chi connectivity index (χ1v) is 9.95. The molecule has 28 heavy (non-hydrogen) atoms. The van der Waals surface area contributed by atoms with Crippen molar-refractivity contribution in [2.24, 2.45) is 0 Å². The number of aryl methyl sites for hydroxylation is 1. The van der Waals surface area contributed by atoms with Crippen molar-refractivity contribution in [1.29, 1.82) is 5.26 Å². The molecule has 2 aromatic carbocycles. The molecule has 0 saturated heterocycles. The van der Waals surface area contributed by atoms with E-state index in [9.17, 15) is 9.65 Å². The Morgan fingerprint density at radius 1 is 1.25 bits per heavy atom. The van der Waals surface area contributed by atoms with E-state index in [1.54, 1.807) is 12.1 Å². The van der Waals surface area contributed by atoms with E-state index in [-0.39, 0.29) is 11.4 Å². The molecule has 0 spiro atoms. The molecule has 0 aliphatic carbocycles. The van der Waals surface area contributed by atoms with Crippen molar-refractivity contribution in [3.8, 4) is 6.07 Å². The minimum atomic E-state index is -0.295. The summed E-state index contributed by atoms with van der Waals surface area (Å²) >= 11 is 0. The third-order valence-corrected chi connectivity index (χ3v) is 5.76. The number of hydrogen-bond donors (Lipinski definition) is 0. The van der Waals surface area contributed by atoms with Gasteiger partial charge in [0.25, 0.3) is 0 Å². The fourth-order valence-corrected chi connectivity index (χ4v) is 4.71. The Balaban J connectivity index is 2.12. The third-order valence-electron chi connectivity index (χ3n) is 5.76. The van der Waals surface area contributed by atoms with Gasteiger partial charge in [-0.1, -0.05) is 19.1 Å². The molecule has 1 heterocycles. The SMILES string of the molecule is Cc1cc2c(cc1/C=C(/C#N)c1ccc(F)cc1)[C@@H](C)CC(C)(C)N2C(C)C. The summed E-state index contributed by atoms with van der Waals surface area (Å²) in [7, 11) is 0. The molecule has 0 fully saturated rings. The molecule has 0 bridgehead atoms. The summed E-state index contributed by atoms with van der Waals surface area (Å²) in [4.78, 5) is 2.52. The molecule has 0 aromatic heterocycles. The molecule has 2 nitrogen and oxygen atoms in total. The van der Waals surface area contributed by atoms with E-state index in [2.05, 4.69) is 64.6 Å². The summed E-state index contributed by atoms with van der Waals surface area (Å²) in [5.41, 5.74) is 6.22. The van der Waals surface area contributed by atoms with E-state index < -0.39 is 0 Å². The Kier molecular flexibility index (Phi) is 5.35. The molecule has 1 atom stereocenters. The lowest BCUT2D eigenvalue weighted by Gasteiger charge is -2.50. The molecule has 0 saturated carbocycles. The predicted molar refractivity (Wildman–Crippen MR) is 116 cm³/mol. The van der Waals surface area contributed by atoms with Gasteiger partial charge in [0.05, 0.1) is 11.6 Å². The van der Waals surface area contributed by atoms with E-state index in [0.29, 0.717) is 17.5 Å². The van der Waals surface area contributed by atoms with Crippen molar-refractivity contribution in [2.75, 3.05) is 4.90 Å². The molecule has 0 radical (unpaired) electrons. The molecule has 146 valence electrons. The van der Waals surface area contributed by atoms with Gasteiger partial charge in [-0.2, -0.15) is 5.26 Å². The zero-order chi connectivity index (χ0) is 20.6. The van der Waals surface area contributed by atoms with Gasteiger partial charge in [0, 0.05) is 17.3 Å². The summed E-state index contributed by atoms with van der Waals surface area (Å²) < 4.78 is 13.2. The number of rotatable bonds is 3. The van der Waals surface area contributed by atoms with Crippen LogP contribution in [0.1, 0.15) is 69.2 Å². The van der Waals surface area contributed by atoms with Crippen LogP contribution < -0.4 is 4.90 Å². The van der Waals surface area contributed by atoms with Crippen LogP contribution in [0.25, 0.3) is 11.6 Å². The number of fused-ring (bicyclic) bond motifs is 1. The number of halogens is 1. The normalized spacial score (nSPS) is 18.8. The van der Waals surface area contributed by atoms with Gasteiger partial charge >= 0.3 is 0 Å². The fraction of sp³-hybridized carbons (Fsp3) is 0.400. The summed E-state index contributed by atoms with van der Waals surface area (Å²) in [6.07, 6.45) is 3.02. The van der Waals surface area contributed by atoms with Crippen LogP contribution in [0.15, 0.2) is 36.4 Å². The molecule has 2 aromatic rings. The largest absolute Gasteiger partial charge is 0.364 e. The zero-order valence-electron chi connectivity index (χ0n) is 17.7. The summed E-state index contributed by atoms with van der Waals surface area (Å²) in [6, 6.07) is 13.3. The summed E-state index contributed by atoms with van der Waals surface area (Å²) in [5.74, 6) is 0.153. The van der Waals surface area contributed by atoms with Gasteiger partial charge in [0.1, 0.15) is 5.82 Å². The molecule has 1 aliphatic rings. The van der Waals surface area contributed by atoms with E-state index in [1.165, 1.54) is 23.4 Å². The van der Waals surface area contributed by atoms with E-state index in [4.69, 9.17) is 0 Å². The standard InChI is InChI=1S/C25H29FN2/c1-16(2)28-24-11-17(3)20(13-23(24)18(4)14-25(28,5)6)12-21(15-27)19-7-9-22(26)10-8-19/h7-13,16,18H,14H2,1-6H3/b21-12-/t18-/m0/s1. The second-order valence-corrected chi connectivity index (χ2v) is 8.83. The van der Waals surface area contributed by atoms with Crippen molar-refractivity contribution in [3.63, 3.8) is 0 Å². The number of nitriles is 1. The predicted octanol–water partition coefficient (Wildman–Crippen LogP) is 6.70. The Morgan fingerprint density at radius 3 is 2.46 bits per heavy atom. The average molecular weight is 377 g/mol. The second-order valence-electron chi connectivity index (χ2n) is 8.83. The lowest BCUT2D eigenvalue weighted by atomic mass is 9.78. The number of allylic oxidation sites excluding steroid dienone is 1. The lowest BCUT2D eigenvalue weighted by molar-refractivity contribution is 0.356. The van der Waals surface area contributed by atoms with Crippen LogP contribution in [0.4, 0.5) is 10.1 Å². The highest BCUT2D eigenvalue weighted by atomic mass is 19.1. The maximum absolute atomic E-state index is 13.2. The molecule has 3 heteroatoms. The highest BCUT2D eigenvalue weighted by Crippen LogP contribution is 2.45. The van der Waals surface area contributed by atoms with Gasteiger partial charge in [-0.05, 0) is 99.6 Å². The first-order chi connectivity index (χ1) is 13.1. The second kappa shape index (κ2) is 7.43. The highest BCUT2D eigenvalue weighted by Gasteiger charge is 2.37. The first kappa shape index (κ1) is 20.1. The molecule has 0 N–H and O–H groups in total. The van der Waals surface area contributed by atoms with Crippen LogP contribution in [0, 0.1) is 24.1 Å². The summed E-state index contributed by atoms with van der Waals surface area (Å²) in [5, 5.41) is 9.65. The Bertz CT molecular complexity index is 946. The molecule has 0 unspecified atom stereocenters. The van der Waals surface area contributed by atoms with Gasteiger partial charge in [0.2, 0.25) is 0 Å². The highest BCUT2D eigenvalue weighted by molar-refractivity contribution is 5.90. The van der Waals surface area contributed by atoms with Crippen molar-refractivity contribution < 1.29 is 4.39 Å². The van der Waals surface area contributed by atoms with E-state index >= 15 is 0 Å². The van der Waals surface area contributed by atoms with Gasteiger partial charge < -0.3 is 4.90 Å². The summed E-state index contributed by atoms with van der Waals surface area (Å²) in [6.45, 7) is 13.5. The molecule has 0 amide bonds. The molecule has 1 aliphatic heterocycles. The van der Waals surface area contributed by atoms with E-state index in [0.717, 1.165) is 23.1 Å². The van der Waals surface area contributed by atoms with Gasteiger partial charge in [-0.3, -0.25) is 0 Å². The van der Waals surface area contributed by atoms with Gasteiger partial charge in [-0.25, -0.2) is 4.39 Å². The van der Waals surface area contributed by atoms with Crippen LogP contribution in [-0.2, 0) is 0 Å². The third kappa shape index (κ3) is 3.69. The van der Waals surface area contributed by atoms with Crippen LogP contribution in [0.3, 0.4) is 0 Å². The number of nitrogens with zero attached hydrogens (tertiary/aromatic N) is 2. The number of anilines is 1. The molecular formula is C25H29FN2. The topological polar surface area (TPSA) is 27.0 Å².